The highest BCUT2D eigenvalue weighted by Gasteiger charge is 2.30. The summed E-state index contributed by atoms with van der Waals surface area (Å²) in [6.45, 7) is 12.0. The third-order valence-corrected chi connectivity index (χ3v) is 22.6. The van der Waals surface area contributed by atoms with Gasteiger partial charge in [0, 0.05) is 25.7 Å². The molecule has 0 amide bonds. The van der Waals surface area contributed by atoms with E-state index in [9.17, 15) is 43.2 Å². The number of rotatable bonds is 82. The van der Waals surface area contributed by atoms with Gasteiger partial charge in [0.15, 0.2) is 12.2 Å². The van der Waals surface area contributed by atoms with Crippen molar-refractivity contribution < 1.29 is 80.2 Å². The van der Waals surface area contributed by atoms with E-state index in [0.29, 0.717) is 25.7 Å². The van der Waals surface area contributed by atoms with E-state index >= 15 is 0 Å². The first kappa shape index (κ1) is 101. The van der Waals surface area contributed by atoms with Crippen LogP contribution in [0.25, 0.3) is 0 Å². The van der Waals surface area contributed by atoms with E-state index in [1.54, 1.807) is 0 Å². The second-order valence-corrected chi connectivity index (χ2v) is 33.9. The molecule has 5 unspecified atom stereocenters. The van der Waals surface area contributed by atoms with E-state index < -0.39 is 97.5 Å². The molecule has 612 valence electrons. The highest BCUT2D eigenvalue weighted by Crippen LogP contribution is 2.45. The average molecular weight is 1510 g/mol. The van der Waals surface area contributed by atoms with Crippen LogP contribution in [0.2, 0.25) is 0 Å². The molecule has 8 atom stereocenters. The van der Waals surface area contributed by atoms with Crippen LogP contribution in [0.15, 0.2) is 0 Å². The smallest absolute Gasteiger partial charge is 0.462 e. The number of unbranched alkanes of at least 4 members (excludes halogenated alkanes) is 47. The van der Waals surface area contributed by atoms with E-state index in [1.165, 1.54) is 244 Å². The fourth-order valence-corrected chi connectivity index (χ4v) is 14.5. The lowest BCUT2D eigenvalue weighted by Gasteiger charge is -2.21. The zero-order chi connectivity index (χ0) is 75.8. The SMILES string of the molecule is CCCCCCCCCCCCCCCCCCCCCCCC(=O)O[C@H](COC(=O)CCCCCCCCCCCCCCCCC(C)CC)COP(=O)(O)OC[C@@H](O)COP(=O)(O)OC[C@@H](COC(=O)CCCCCCCCC(C)CC)OC(=O)CCCCCCCCCCCCC(C)CC. The molecule has 0 aromatic rings. The first-order valence-electron chi connectivity index (χ1n) is 43.5. The molecule has 0 heterocycles. The number of phosphoric acid groups is 2. The van der Waals surface area contributed by atoms with Gasteiger partial charge in [0.2, 0.25) is 0 Å². The molecule has 0 aromatic carbocycles. The van der Waals surface area contributed by atoms with Gasteiger partial charge in [-0.25, -0.2) is 9.13 Å². The van der Waals surface area contributed by atoms with Crippen molar-refractivity contribution in [3.05, 3.63) is 0 Å². The molecule has 17 nitrogen and oxygen atoms in total. The molecular formula is C84H164O17P2. The molecule has 3 N–H and O–H groups in total. The number of aliphatic hydroxyl groups excluding tert-OH is 1. The van der Waals surface area contributed by atoms with Gasteiger partial charge in [-0.15, -0.1) is 0 Å². The second kappa shape index (κ2) is 74.2. The summed E-state index contributed by atoms with van der Waals surface area (Å²) in [6.07, 6.45) is 63.8. The predicted molar refractivity (Wildman–Crippen MR) is 423 cm³/mol. The van der Waals surface area contributed by atoms with Crippen LogP contribution >= 0.6 is 15.6 Å². The fourth-order valence-electron chi connectivity index (χ4n) is 12.9. The quantitative estimate of drug-likeness (QED) is 0.0222. The van der Waals surface area contributed by atoms with Crippen molar-refractivity contribution in [2.45, 2.75) is 458 Å². The fraction of sp³-hybridized carbons (Fsp3) is 0.952. The van der Waals surface area contributed by atoms with E-state index in [1.807, 2.05) is 0 Å². The Hall–Kier alpha value is -1.94. The maximum Gasteiger partial charge on any atom is 0.472 e. The molecule has 0 fully saturated rings. The highest BCUT2D eigenvalue weighted by atomic mass is 31.2. The minimum atomic E-state index is -4.97. The van der Waals surface area contributed by atoms with E-state index in [2.05, 4.69) is 48.5 Å². The van der Waals surface area contributed by atoms with Crippen LogP contribution < -0.4 is 0 Å². The van der Waals surface area contributed by atoms with Gasteiger partial charge in [-0.05, 0) is 43.4 Å². The number of carbonyl (C=O) groups is 4. The number of aliphatic hydroxyl groups is 1. The van der Waals surface area contributed by atoms with Crippen molar-refractivity contribution in [2.24, 2.45) is 17.8 Å². The zero-order valence-corrected chi connectivity index (χ0v) is 69.6. The average Bonchev–Trinajstić information content (AvgIpc) is 0.939. The lowest BCUT2D eigenvalue weighted by molar-refractivity contribution is -0.161. The van der Waals surface area contributed by atoms with Gasteiger partial charge in [-0.3, -0.25) is 37.3 Å². The number of hydrogen-bond donors (Lipinski definition) is 3. The van der Waals surface area contributed by atoms with Gasteiger partial charge in [0.25, 0.3) is 0 Å². The molecule has 0 aliphatic rings. The van der Waals surface area contributed by atoms with Crippen LogP contribution in [0, 0.1) is 17.8 Å². The van der Waals surface area contributed by atoms with Gasteiger partial charge < -0.3 is 33.8 Å². The summed E-state index contributed by atoms with van der Waals surface area (Å²) >= 11 is 0. The van der Waals surface area contributed by atoms with E-state index in [-0.39, 0.29) is 25.7 Å². The Kier molecular flexibility index (Phi) is 72.8. The first-order chi connectivity index (χ1) is 49.8. The van der Waals surface area contributed by atoms with Gasteiger partial charge in [-0.1, -0.05) is 389 Å². The van der Waals surface area contributed by atoms with Gasteiger partial charge in [-0.2, -0.15) is 0 Å². The zero-order valence-electron chi connectivity index (χ0n) is 67.8. The standard InChI is InChI=1S/C84H164O17P2/c1-8-12-13-14-15-16-17-18-19-20-21-22-23-24-25-30-33-39-44-53-60-67-83(88)100-79(71-94-81(86)65-58-51-43-38-32-29-27-26-28-31-36-41-48-55-62-75(5)9-2)73-98-102(90,91)96-69-78(85)70-97-103(92,93)99-74-80(72-95-82(87)66-59-52-47-46-50-57-64-77(7)11-4)101-84(89)68-61-54-45-40-35-34-37-42-49-56-63-76(6)10-3/h75-80,85H,8-74H2,1-7H3,(H,90,91)(H,92,93)/t75?,76?,77?,78-,79-,80-/m1/s1. The molecule has 0 spiro atoms. The van der Waals surface area contributed by atoms with Crippen LogP contribution in [0.4, 0.5) is 0 Å². The third kappa shape index (κ3) is 74.0. The van der Waals surface area contributed by atoms with E-state index in [4.69, 9.17) is 37.0 Å². The topological polar surface area (TPSA) is 237 Å². The van der Waals surface area contributed by atoms with Crippen LogP contribution in [0.3, 0.4) is 0 Å². The van der Waals surface area contributed by atoms with Gasteiger partial charge in [0.1, 0.15) is 19.3 Å². The lowest BCUT2D eigenvalue weighted by Crippen LogP contribution is -2.30. The summed E-state index contributed by atoms with van der Waals surface area (Å²) in [6, 6.07) is 0. The van der Waals surface area contributed by atoms with Crippen LogP contribution in [-0.2, 0) is 65.4 Å². The molecule has 19 heteroatoms. The monoisotopic (exact) mass is 1510 g/mol. The number of ether oxygens (including phenoxy) is 4. The second-order valence-electron chi connectivity index (χ2n) is 30.9. The largest absolute Gasteiger partial charge is 0.472 e. The maximum absolute atomic E-state index is 13.1. The molecule has 0 rings (SSSR count). The molecule has 0 bridgehead atoms. The Balaban J connectivity index is 5.24. The Morgan fingerprint density at radius 3 is 0.689 bits per heavy atom. The molecule has 0 aliphatic carbocycles. The molecule has 0 aliphatic heterocycles. The summed E-state index contributed by atoms with van der Waals surface area (Å²) in [5, 5.41) is 10.7. The molecule has 103 heavy (non-hydrogen) atoms. The predicted octanol–water partition coefficient (Wildman–Crippen LogP) is 25.3. The summed E-state index contributed by atoms with van der Waals surface area (Å²) in [7, 11) is -9.93. The van der Waals surface area contributed by atoms with Crippen LogP contribution in [0.1, 0.15) is 440 Å². The normalized spacial score (nSPS) is 14.7. The summed E-state index contributed by atoms with van der Waals surface area (Å²) in [5.74, 6) is 0.274. The number of carbonyl (C=O) groups excluding carboxylic acids is 4. The summed E-state index contributed by atoms with van der Waals surface area (Å²) < 4.78 is 68.8. The molecule has 0 saturated heterocycles. The molecular weight excluding hydrogens is 1340 g/mol. The van der Waals surface area contributed by atoms with Gasteiger partial charge in [0.05, 0.1) is 26.4 Å². The Morgan fingerprint density at radius 2 is 0.466 bits per heavy atom. The number of esters is 4. The van der Waals surface area contributed by atoms with Crippen LogP contribution in [-0.4, -0.2) is 96.7 Å². The minimum absolute atomic E-state index is 0.105. The Morgan fingerprint density at radius 1 is 0.272 bits per heavy atom. The number of hydrogen-bond acceptors (Lipinski definition) is 15. The first-order valence-corrected chi connectivity index (χ1v) is 46.5. The van der Waals surface area contributed by atoms with Crippen molar-refractivity contribution >= 4 is 39.5 Å². The maximum atomic E-state index is 13.1. The van der Waals surface area contributed by atoms with Crippen molar-refractivity contribution in [3.8, 4) is 0 Å². The summed E-state index contributed by atoms with van der Waals surface area (Å²) in [5.41, 5.74) is 0. The third-order valence-electron chi connectivity index (χ3n) is 20.7. The van der Waals surface area contributed by atoms with E-state index in [0.717, 1.165) is 114 Å². The van der Waals surface area contributed by atoms with Gasteiger partial charge >= 0.3 is 39.5 Å². The number of phosphoric ester groups is 2. The molecule has 0 radical (unpaired) electrons. The van der Waals surface area contributed by atoms with Crippen LogP contribution in [0.5, 0.6) is 0 Å². The lowest BCUT2D eigenvalue weighted by atomic mass is 9.99. The van der Waals surface area contributed by atoms with Crippen molar-refractivity contribution in [1.29, 1.82) is 0 Å². The molecule has 0 saturated carbocycles. The highest BCUT2D eigenvalue weighted by molar-refractivity contribution is 7.47. The van der Waals surface area contributed by atoms with Crippen molar-refractivity contribution in [2.75, 3.05) is 39.6 Å². The minimum Gasteiger partial charge on any atom is -0.462 e. The van der Waals surface area contributed by atoms with Crippen molar-refractivity contribution in [1.82, 2.24) is 0 Å². The Bertz CT molecular complexity index is 2000. The molecule has 0 aromatic heterocycles. The van der Waals surface area contributed by atoms with Crippen molar-refractivity contribution in [3.63, 3.8) is 0 Å². The summed E-state index contributed by atoms with van der Waals surface area (Å²) in [4.78, 5) is 73.1. The Labute approximate surface area is 632 Å².